The van der Waals surface area contributed by atoms with Crippen LogP contribution < -0.4 is 4.74 Å². The molecule has 0 saturated carbocycles. The summed E-state index contributed by atoms with van der Waals surface area (Å²) in [6, 6.07) is 5.93. The maximum Gasteiger partial charge on any atom is 0.126 e. The van der Waals surface area contributed by atoms with Crippen LogP contribution in [0.5, 0.6) is 5.75 Å². The van der Waals surface area contributed by atoms with Gasteiger partial charge in [-0.3, -0.25) is 0 Å². The van der Waals surface area contributed by atoms with Gasteiger partial charge < -0.3 is 14.7 Å². The monoisotopic (exact) mass is 339 g/mol. The molecule has 110 valence electrons. The second-order valence-electron chi connectivity index (χ2n) is 6.03. The third-order valence-electron chi connectivity index (χ3n) is 4.53. The second-order valence-corrected chi connectivity index (χ2v) is 6.94. The molecule has 2 aliphatic rings. The SMILES string of the molecule is CCCN1CCC2(CC1)CC(O)c1cc(Br)ccc1O2. The van der Waals surface area contributed by atoms with E-state index in [4.69, 9.17) is 4.74 Å². The number of aliphatic hydroxyl groups excluding tert-OH is 1. The number of ether oxygens (including phenoxy) is 1. The topological polar surface area (TPSA) is 32.7 Å². The third-order valence-corrected chi connectivity index (χ3v) is 5.02. The molecule has 1 spiro atoms. The molecule has 3 rings (SSSR count). The van der Waals surface area contributed by atoms with Crippen molar-refractivity contribution in [3.05, 3.63) is 28.2 Å². The fourth-order valence-corrected chi connectivity index (χ4v) is 3.80. The van der Waals surface area contributed by atoms with Gasteiger partial charge in [-0.2, -0.15) is 0 Å². The summed E-state index contributed by atoms with van der Waals surface area (Å²) < 4.78 is 7.30. The molecule has 0 aromatic heterocycles. The van der Waals surface area contributed by atoms with Crippen LogP contribution in [-0.4, -0.2) is 35.2 Å². The van der Waals surface area contributed by atoms with Crippen molar-refractivity contribution in [1.82, 2.24) is 4.90 Å². The maximum absolute atomic E-state index is 10.5. The molecule has 0 bridgehead atoms. The zero-order valence-corrected chi connectivity index (χ0v) is 13.5. The molecular weight excluding hydrogens is 318 g/mol. The highest BCUT2D eigenvalue weighted by atomic mass is 79.9. The first kappa shape index (κ1) is 14.4. The number of rotatable bonds is 2. The molecule has 1 aromatic rings. The minimum absolute atomic E-state index is 0.162. The van der Waals surface area contributed by atoms with Crippen LogP contribution in [0.15, 0.2) is 22.7 Å². The summed E-state index contributed by atoms with van der Waals surface area (Å²) in [6.07, 6.45) is 3.54. The van der Waals surface area contributed by atoms with Crippen molar-refractivity contribution in [2.75, 3.05) is 19.6 Å². The molecule has 2 heterocycles. The fourth-order valence-electron chi connectivity index (χ4n) is 3.42. The van der Waals surface area contributed by atoms with Crippen LogP contribution in [0.1, 0.15) is 44.3 Å². The first-order valence-electron chi connectivity index (χ1n) is 7.51. The van der Waals surface area contributed by atoms with E-state index in [-0.39, 0.29) is 5.60 Å². The summed E-state index contributed by atoms with van der Waals surface area (Å²) in [7, 11) is 0. The van der Waals surface area contributed by atoms with E-state index in [1.165, 1.54) is 13.0 Å². The molecule has 1 fully saturated rings. The molecular formula is C16H22BrNO2. The minimum atomic E-state index is -0.408. The zero-order chi connectivity index (χ0) is 14.2. The van der Waals surface area contributed by atoms with Crippen molar-refractivity contribution in [3.63, 3.8) is 0 Å². The Morgan fingerprint density at radius 1 is 1.40 bits per heavy atom. The number of halogens is 1. The molecule has 3 nitrogen and oxygen atoms in total. The van der Waals surface area contributed by atoms with Crippen LogP contribution in [-0.2, 0) is 0 Å². The quantitative estimate of drug-likeness (QED) is 0.894. The lowest BCUT2D eigenvalue weighted by Gasteiger charge is -2.46. The number of benzene rings is 1. The van der Waals surface area contributed by atoms with Gasteiger partial charge in [0.1, 0.15) is 11.4 Å². The average molecular weight is 340 g/mol. The summed E-state index contributed by atoms with van der Waals surface area (Å²) in [5.74, 6) is 0.857. The minimum Gasteiger partial charge on any atom is -0.487 e. The van der Waals surface area contributed by atoms with Crippen molar-refractivity contribution in [1.29, 1.82) is 0 Å². The number of nitrogens with zero attached hydrogens (tertiary/aromatic N) is 1. The lowest BCUT2D eigenvalue weighted by atomic mass is 9.81. The maximum atomic E-state index is 10.5. The van der Waals surface area contributed by atoms with Gasteiger partial charge in [0.05, 0.1) is 6.10 Å². The molecule has 4 heteroatoms. The summed E-state index contributed by atoms with van der Waals surface area (Å²) in [5.41, 5.74) is 0.755. The van der Waals surface area contributed by atoms with Crippen LogP contribution in [0.25, 0.3) is 0 Å². The van der Waals surface area contributed by atoms with Crippen LogP contribution in [0.4, 0.5) is 0 Å². The van der Waals surface area contributed by atoms with Crippen LogP contribution in [0.2, 0.25) is 0 Å². The van der Waals surface area contributed by atoms with Gasteiger partial charge >= 0.3 is 0 Å². The highest BCUT2D eigenvalue weighted by Crippen LogP contribution is 2.44. The molecule has 2 aliphatic heterocycles. The van der Waals surface area contributed by atoms with Gasteiger partial charge in [-0.1, -0.05) is 22.9 Å². The van der Waals surface area contributed by atoms with Gasteiger partial charge in [0.25, 0.3) is 0 Å². The first-order valence-corrected chi connectivity index (χ1v) is 8.30. The number of likely N-dealkylation sites (tertiary alicyclic amines) is 1. The van der Waals surface area contributed by atoms with Gasteiger partial charge in [0.15, 0.2) is 0 Å². The predicted molar refractivity (Wildman–Crippen MR) is 83.0 cm³/mol. The van der Waals surface area contributed by atoms with Gasteiger partial charge in [-0.25, -0.2) is 0 Å². The van der Waals surface area contributed by atoms with E-state index in [0.29, 0.717) is 0 Å². The highest BCUT2D eigenvalue weighted by molar-refractivity contribution is 9.10. The lowest BCUT2D eigenvalue weighted by molar-refractivity contribution is -0.0538. The molecule has 1 N–H and O–H groups in total. The van der Waals surface area contributed by atoms with Crippen molar-refractivity contribution >= 4 is 15.9 Å². The van der Waals surface area contributed by atoms with E-state index in [1.54, 1.807) is 0 Å². The normalized spacial score (nSPS) is 25.2. The van der Waals surface area contributed by atoms with Crippen LogP contribution >= 0.6 is 15.9 Å². The Bertz CT molecular complexity index is 483. The largest absolute Gasteiger partial charge is 0.487 e. The number of aliphatic hydroxyl groups is 1. The van der Waals surface area contributed by atoms with Gasteiger partial charge in [-0.05, 0) is 44.0 Å². The number of piperidine rings is 1. The Labute approximate surface area is 129 Å². The summed E-state index contributed by atoms with van der Waals surface area (Å²) in [6.45, 7) is 5.54. The Morgan fingerprint density at radius 2 is 2.15 bits per heavy atom. The molecule has 0 aliphatic carbocycles. The van der Waals surface area contributed by atoms with Crippen LogP contribution in [0, 0.1) is 0 Å². The van der Waals surface area contributed by atoms with E-state index in [9.17, 15) is 5.11 Å². The molecule has 1 unspecified atom stereocenters. The number of hydrogen-bond acceptors (Lipinski definition) is 3. The smallest absolute Gasteiger partial charge is 0.126 e. The highest BCUT2D eigenvalue weighted by Gasteiger charge is 2.42. The Hall–Kier alpha value is -0.580. The van der Waals surface area contributed by atoms with E-state index in [0.717, 1.165) is 48.1 Å². The van der Waals surface area contributed by atoms with Gasteiger partial charge in [0.2, 0.25) is 0 Å². The number of hydrogen-bond donors (Lipinski definition) is 1. The molecule has 1 aromatic carbocycles. The Morgan fingerprint density at radius 3 is 2.85 bits per heavy atom. The van der Waals surface area contributed by atoms with Crippen molar-refractivity contribution in [2.24, 2.45) is 0 Å². The third kappa shape index (κ3) is 2.74. The molecule has 1 saturated heterocycles. The van der Waals surface area contributed by atoms with Crippen molar-refractivity contribution < 1.29 is 9.84 Å². The van der Waals surface area contributed by atoms with E-state index in [1.807, 2.05) is 18.2 Å². The lowest BCUT2D eigenvalue weighted by Crippen LogP contribution is -2.50. The molecule has 0 amide bonds. The molecule has 20 heavy (non-hydrogen) atoms. The summed E-state index contributed by atoms with van der Waals surface area (Å²) >= 11 is 3.46. The standard InChI is InChI=1S/C16H22BrNO2/c1-2-7-18-8-5-16(6-9-18)11-14(19)13-10-12(17)3-4-15(13)20-16/h3-4,10,14,19H,2,5-9,11H2,1H3. The first-order chi connectivity index (χ1) is 9.62. The van der Waals surface area contributed by atoms with Gasteiger partial charge in [-0.15, -0.1) is 0 Å². The van der Waals surface area contributed by atoms with E-state index in [2.05, 4.69) is 27.8 Å². The van der Waals surface area contributed by atoms with Crippen molar-refractivity contribution in [2.45, 2.75) is 44.3 Å². The van der Waals surface area contributed by atoms with Crippen LogP contribution in [0.3, 0.4) is 0 Å². The number of fused-ring (bicyclic) bond motifs is 1. The van der Waals surface area contributed by atoms with Gasteiger partial charge in [0, 0.05) is 29.5 Å². The van der Waals surface area contributed by atoms with E-state index >= 15 is 0 Å². The van der Waals surface area contributed by atoms with E-state index < -0.39 is 6.10 Å². The molecule has 1 atom stereocenters. The summed E-state index contributed by atoms with van der Waals surface area (Å²) in [4.78, 5) is 2.50. The predicted octanol–water partition coefficient (Wildman–Crippen LogP) is 3.51. The average Bonchev–Trinajstić information content (AvgIpc) is 2.43. The Kier molecular flexibility index (Phi) is 4.07. The Balaban J connectivity index is 1.76. The van der Waals surface area contributed by atoms with Crippen molar-refractivity contribution in [3.8, 4) is 5.75 Å². The zero-order valence-electron chi connectivity index (χ0n) is 11.9. The fraction of sp³-hybridized carbons (Fsp3) is 0.625. The molecule has 0 radical (unpaired) electrons. The summed E-state index contributed by atoms with van der Waals surface area (Å²) in [5, 5.41) is 10.5. The second kappa shape index (κ2) is 5.66.